The lowest BCUT2D eigenvalue weighted by atomic mass is 10.1. The highest BCUT2D eigenvalue weighted by Crippen LogP contribution is 2.31. The van der Waals surface area contributed by atoms with E-state index in [9.17, 15) is 9.59 Å². The van der Waals surface area contributed by atoms with Gasteiger partial charge in [0.25, 0.3) is 5.91 Å². The topological polar surface area (TPSA) is 81.4 Å². The van der Waals surface area contributed by atoms with Crippen molar-refractivity contribution < 1.29 is 18.7 Å². The van der Waals surface area contributed by atoms with Crippen molar-refractivity contribution in [1.82, 2.24) is 4.98 Å². The minimum atomic E-state index is -0.415. The van der Waals surface area contributed by atoms with Gasteiger partial charge < -0.3 is 9.15 Å². The second kappa shape index (κ2) is 7.25. The predicted octanol–water partition coefficient (Wildman–Crippen LogP) is 4.21. The van der Waals surface area contributed by atoms with Crippen LogP contribution < -0.4 is 5.32 Å². The Labute approximate surface area is 152 Å². The third-order valence-corrected chi connectivity index (χ3v) is 4.63. The Bertz CT molecular complexity index is 947. The number of furan rings is 1. The normalized spacial score (nSPS) is 10.8. The molecule has 2 heterocycles. The Morgan fingerprint density at radius 3 is 2.92 bits per heavy atom. The SMILES string of the molecule is CCOC(=O)Cc1csc(NC(=O)c2oc3c(Cl)cccc3c2C)n1. The fourth-order valence-electron chi connectivity index (χ4n) is 2.38. The third kappa shape index (κ3) is 3.67. The van der Waals surface area contributed by atoms with Crippen LogP contribution in [0.2, 0.25) is 5.02 Å². The molecule has 3 rings (SSSR count). The molecule has 6 nitrogen and oxygen atoms in total. The van der Waals surface area contributed by atoms with Crippen molar-refractivity contribution in [2.24, 2.45) is 0 Å². The van der Waals surface area contributed by atoms with Crippen molar-refractivity contribution in [2.75, 3.05) is 11.9 Å². The fourth-order valence-corrected chi connectivity index (χ4v) is 3.30. The van der Waals surface area contributed by atoms with Crippen molar-refractivity contribution >= 4 is 50.9 Å². The number of aryl methyl sites for hydroxylation is 1. The molecule has 0 aliphatic carbocycles. The number of hydrogen-bond donors (Lipinski definition) is 1. The molecule has 1 amide bonds. The summed E-state index contributed by atoms with van der Waals surface area (Å²) in [5.74, 6) is -0.583. The van der Waals surface area contributed by atoms with Gasteiger partial charge in [0.1, 0.15) is 0 Å². The number of rotatable bonds is 5. The maximum absolute atomic E-state index is 12.5. The quantitative estimate of drug-likeness (QED) is 0.672. The van der Waals surface area contributed by atoms with E-state index in [1.165, 1.54) is 11.3 Å². The van der Waals surface area contributed by atoms with Gasteiger partial charge in [-0.3, -0.25) is 14.9 Å². The average molecular weight is 379 g/mol. The number of nitrogens with zero attached hydrogens (tertiary/aromatic N) is 1. The number of carbonyl (C=O) groups excluding carboxylic acids is 2. The zero-order valence-corrected chi connectivity index (χ0v) is 15.2. The van der Waals surface area contributed by atoms with Gasteiger partial charge in [0, 0.05) is 16.3 Å². The number of nitrogens with one attached hydrogen (secondary N) is 1. The summed E-state index contributed by atoms with van der Waals surface area (Å²) in [6.07, 6.45) is 0.0689. The molecule has 1 aromatic carbocycles. The van der Waals surface area contributed by atoms with Gasteiger partial charge >= 0.3 is 5.97 Å². The van der Waals surface area contributed by atoms with E-state index in [1.807, 2.05) is 6.07 Å². The number of halogens is 1. The van der Waals surface area contributed by atoms with Gasteiger partial charge in [-0.2, -0.15) is 0 Å². The number of ether oxygens (including phenoxy) is 1. The summed E-state index contributed by atoms with van der Waals surface area (Å²) in [5, 5.41) is 6.01. The summed E-state index contributed by atoms with van der Waals surface area (Å²) in [7, 11) is 0. The third-order valence-electron chi connectivity index (χ3n) is 3.52. The largest absolute Gasteiger partial charge is 0.466 e. The monoisotopic (exact) mass is 378 g/mol. The molecule has 0 aliphatic rings. The van der Waals surface area contributed by atoms with Gasteiger partial charge in [-0.1, -0.05) is 23.7 Å². The molecular formula is C17H15ClN2O4S. The highest BCUT2D eigenvalue weighted by Gasteiger charge is 2.20. The minimum Gasteiger partial charge on any atom is -0.466 e. The van der Waals surface area contributed by atoms with Crippen LogP contribution in [-0.4, -0.2) is 23.5 Å². The van der Waals surface area contributed by atoms with Gasteiger partial charge in [0.05, 0.1) is 23.7 Å². The van der Waals surface area contributed by atoms with E-state index in [-0.39, 0.29) is 18.2 Å². The standard InChI is InChI=1S/C17H15ClN2O4S/c1-3-23-13(21)7-10-8-25-17(19-10)20-16(22)14-9(2)11-5-4-6-12(18)15(11)24-14/h4-6,8H,3,7H2,1-2H3,(H,19,20,22). The first-order valence-corrected chi connectivity index (χ1v) is 8.84. The van der Waals surface area contributed by atoms with Crippen LogP contribution in [0, 0.1) is 6.92 Å². The number of thiazole rings is 1. The molecule has 0 saturated heterocycles. The Morgan fingerprint density at radius 2 is 2.20 bits per heavy atom. The Hall–Kier alpha value is -2.38. The Balaban J connectivity index is 1.77. The molecule has 25 heavy (non-hydrogen) atoms. The minimum absolute atomic E-state index is 0.0689. The first-order chi connectivity index (χ1) is 12.0. The predicted molar refractivity (Wildman–Crippen MR) is 96.4 cm³/mol. The molecule has 130 valence electrons. The van der Waals surface area contributed by atoms with Gasteiger partial charge in [0.2, 0.25) is 0 Å². The van der Waals surface area contributed by atoms with E-state index in [0.717, 1.165) is 5.39 Å². The summed E-state index contributed by atoms with van der Waals surface area (Å²) in [5.41, 5.74) is 1.73. The molecule has 8 heteroatoms. The lowest BCUT2D eigenvalue weighted by molar-refractivity contribution is -0.142. The van der Waals surface area contributed by atoms with Crippen molar-refractivity contribution in [3.63, 3.8) is 0 Å². The summed E-state index contributed by atoms with van der Waals surface area (Å²) in [4.78, 5) is 28.2. The molecule has 0 aliphatic heterocycles. The number of para-hydroxylation sites is 1. The van der Waals surface area contributed by atoms with Crippen molar-refractivity contribution in [2.45, 2.75) is 20.3 Å². The highest BCUT2D eigenvalue weighted by atomic mass is 35.5. The average Bonchev–Trinajstić information content (AvgIpc) is 3.13. The molecule has 1 N–H and O–H groups in total. The summed E-state index contributed by atoms with van der Waals surface area (Å²) in [6.45, 7) is 3.86. The van der Waals surface area contributed by atoms with Gasteiger partial charge in [-0.25, -0.2) is 4.98 Å². The second-order valence-electron chi connectivity index (χ2n) is 5.25. The van der Waals surface area contributed by atoms with Crippen LogP contribution in [0.25, 0.3) is 11.0 Å². The fraction of sp³-hybridized carbons (Fsp3) is 0.235. The van der Waals surface area contributed by atoms with E-state index in [4.69, 9.17) is 20.8 Å². The van der Waals surface area contributed by atoms with Gasteiger partial charge in [-0.15, -0.1) is 11.3 Å². The van der Waals surface area contributed by atoms with Crippen LogP contribution in [0.1, 0.15) is 28.7 Å². The number of esters is 1. The second-order valence-corrected chi connectivity index (χ2v) is 6.52. The van der Waals surface area contributed by atoms with Crippen LogP contribution >= 0.6 is 22.9 Å². The number of hydrogen-bond acceptors (Lipinski definition) is 6. The lowest BCUT2D eigenvalue weighted by Gasteiger charge is -2.00. The first kappa shape index (κ1) is 17.4. The molecule has 2 aromatic heterocycles. The number of carbonyl (C=O) groups is 2. The zero-order valence-electron chi connectivity index (χ0n) is 13.6. The summed E-state index contributed by atoms with van der Waals surface area (Å²) in [6, 6.07) is 5.35. The molecule has 0 atom stereocenters. The van der Waals surface area contributed by atoms with E-state index in [0.29, 0.717) is 33.6 Å². The Morgan fingerprint density at radius 1 is 1.40 bits per heavy atom. The zero-order chi connectivity index (χ0) is 18.0. The van der Waals surface area contributed by atoms with Crippen LogP contribution in [0.15, 0.2) is 28.0 Å². The van der Waals surface area contributed by atoms with Crippen LogP contribution in [-0.2, 0) is 16.0 Å². The lowest BCUT2D eigenvalue weighted by Crippen LogP contribution is -2.12. The van der Waals surface area contributed by atoms with E-state index in [1.54, 1.807) is 31.4 Å². The molecule has 0 spiro atoms. The smallest absolute Gasteiger partial charge is 0.311 e. The maximum atomic E-state index is 12.5. The van der Waals surface area contributed by atoms with Crippen LogP contribution in [0.4, 0.5) is 5.13 Å². The van der Waals surface area contributed by atoms with Gasteiger partial charge in [-0.05, 0) is 19.9 Å². The van der Waals surface area contributed by atoms with E-state index in [2.05, 4.69) is 10.3 Å². The van der Waals surface area contributed by atoms with E-state index < -0.39 is 5.91 Å². The molecule has 0 radical (unpaired) electrons. The molecule has 0 unspecified atom stereocenters. The Kier molecular flexibility index (Phi) is 5.06. The first-order valence-electron chi connectivity index (χ1n) is 7.58. The van der Waals surface area contributed by atoms with E-state index >= 15 is 0 Å². The van der Waals surface area contributed by atoms with Crippen molar-refractivity contribution in [3.8, 4) is 0 Å². The van der Waals surface area contributed by atoms with Crippen LogP contribution in [0.3, 0.4) is 0 Å². The highest BCUT2D eigenvalue weighted by molar-refractivity contribution is 7.14. The molecule has 0 fully saturated rings. The molecule has 0 bridgehead atoms. The molecule has 3 aromatic rings. The van der Waals surface area contributed by atoms with Crippen LogP contribution in [0.5, 0.6) is 0 Å². The maximum Gasteiger partial charge on any atom is 0.311 e. The van der Waals surface area contributed by atoms with Gasteiger partial charge in [0.15, 0.2) is 16.5 Å². The van der Waals surface area contributed by atoms with Crippen molar-refractivity contribution in [3.05, 3.63) is 45.6 Å². The number of benzene rings is 1. The molecular weight excluding hydrogens is 364 g/mol. The van der Waals surface area contributed by atoms with Crippen molar-refractivity contribution in [1.29, 1.82) is 0 Å². The summed E-state index contributed by atoms with van der Waals surface area (Å²) < 4.78 is 10.5. The number of amides is 1. The molecule has 0 saturated carbocycles. The number of anilines is 1. The number of fused-ring (bicyclic) bond motifs is 1. The number of aromatic nitrogens is 1. The summed E-state index contributed by atoms with van der Waals surface area (Å²) >= 11 is 7.34.